The Morgan fingerprint density at radius 1 is 1.32 bits per heavy atom. The molecule has 1 atom stereocenters. The summed E-state index contributed by atoms with van der Waals surface area (Å²) in [4.78, 5) is 4.98. The number of nitrogens with zero attached hydrogens (tertiary/aromatic N) is 2. The minimum atomic E-state index is 0.230. The van der Waals surface area contributed by atoms with Gasteiger partial charge in [0.15, 0.2) is 0 Å². The molecule has 0 spiro atoms. The molecule has 19 heavy (non-hydrogen) atoms. The lowest BCUT2D eigenvalue weighted by Crippen LogP contribution is -2.32. The Labute approximate surface area is 115 Å². The van der Waals surface area contributed by atoms with E-state index in [1.165, 1.54) is 17.8 Å². The largest absolute Gasteiger partial charge is 0.327 e. The molecule has 0 bridgehead atoms. The number of hydrogen-bond donors (Lipinski definition) is 1. The molecule has 1 aliphatic rings. The Kier molecular flexibility index (Phi) is 3.31. The lowest BCUT2D eigenvalue weighted by Gasteiger charge is -2.27. The molecule has 0 amide bonds. The highest BCUT2D eigenvalue weighted by Crippen LogP contribution is 2.35. The molecule has 0 saturated carbocycles. The molecule has 1 fully saturated rings. The Balaban J connectivity index is 2.18. The number of fused-ring (bicyclic) bond motifs is 1. The van der Waals surface area contributed by atoms with Gasteiger partial charge in [-0.15, -0.1) is 0 Å². The maximum Gasteiger partial charge on any atom is 0.117 e. The van der Waals surface area contributed by atoms with Crippen LogP contribution in [0, 0.1) is 0 Å². The van der Waals surface area contributed by atoms with E-state index in [2.05, 4.69) is 48.0 Å². The van der Waals surface area contributed by atoms with Crippen LogP contribution in [0.2, 0.25) is 0 Å². The van der Waals surface area contributed by atoms with Gasteiger partial charge in [-0.1, -0.05) is 26.0 Å². The molecule has 1 aliphatic heterocycles. The predicted octanol–water partition coefficient (Wildman–Crippen LogP) is 3.09. The highest BCUT2D eigenvalue weighted by Gasteiger charge is 2.38. The van der Waals surface area contributed by atoms with Crippen LogP contribution >= 0.6 is 0 Å². The van der Waals surface area contributed by atoms with Gasteiger partial charge in [0.1, 0.15) is 5.82 Å². The predicted molar refractivity (Wildman–Crippen MR) is 79.5 cm³/mol. The van der Waals surface area contributed by atoms with Crippen LogP contribution < -0.4 is 5.32 Å². The molecule has 1 aromatic carbocycles. The number of para-hydroxylation sites is 2. The van der Waals surface area contributed by atoms with E-state index in [1.807, 2.05) is 0 Å². The van der Waals surface area contributed by atoms with E-state index in [0.29, 0.717) is 0 Å². The Morgan fingerprint density at radius 2 is 2.16 bits per heavy atom. The fourth-order valence-electron chi connectivity index (χ4n) is 3.32. The molecule has 0 aliphatic carbocycles. The first-order valence-corrected chi connectivity index (χ1v) is 7.47. The second-order valence-corrected chi connectivity index (χ2v) is 5.64. The van der Waals surface area contributed by atoms with Crippen molar-refractivity contribution in [3.8, 4) is 0 Å². The van der Waals surface area contributed by atoms with Gasteiger partial charge in [0.05, 0.1) is 11.0 Å². The number of rotatable bonds is 4. The summed E-state index contributed by atoms with van der Waals surface area (Å²) in [5.41, 5.74) is 2.67. The van der Waals surface area contributed by atoms with Crippen LogP contribution in [0.3, 0.4) is 0 Å². The molecule has 2 heterocycles. The van der Waals surface area contributed by atoms with Crippen LogP contribution in [0.1, 0.15) is 38.9 Å². The first-order valence-electron chi connectivity index (χ1n) is 7.47. The van der Waals surface area contributed by atoms with Gasteiger partial charge < -0.3 is 9.88 Å². The maximum atomic E-state index is 4.98. The number of hydrogen-bond acceptors (Lipinski definition) is 2. The van der Waals surface area contributed by atoms with E-state index < -0.39 is 0 Å². The summed E-state index contributed by atoms with van der Waals surface area (Å²) < 4.78 is 2.45. The fraction of sp³-hybridized carbons (Fsp3) is 0.562. The number of benzene rings is 1. The van der Waals surface area contributed by atoms with Gasteiger partial charge in [0.2, 0.25) is 0 Å². The maximum absolute atomic E-state index is 4.98. The molecule has 3 nitrogen and oxygen atoms in total. The molecule has 3 rings (SSSR count). The van der Waals surface area contributed by atoms with Crippen LogP contribution in [-0.4, -0.2) is 22.6 Å². The SMILES string of the molecule is CCCn1c(C2(CC)CCNC2)nc2ccccc21. The molecule has 1 N–H and O–H groups in total. The number of aromatic nitrogens is 2. The van der Waals surface area contributed by atoms with E-state index in [1.54, 1.807) is 0 Å². The van der Waals surface area contributed by atoms with Gasteiger partial charge in [-0.3, -0.25) is 0 Å². The summed E-state index contributed by atoms with van der Waals surface area (Å²) in [5.74, 6) is 1.29. The monoisotopic (exact) mass is 257 g/mol. The number of nitrogens with one attached hydrogen (secondary N) is 1. The van der Waals surface area contributed by atoms with Gasteiger partial charge in [0, 0.05) is 18.5 Å². The molecule has 102 valence electrons. The lowest BCUT2D eigenvalue weighted by atomic mass is 9.83. The third kappa shape index (κ3) is 1.96. The average Bonchev–Trinajstić information content (AvgIpc) is 3.05. The van der Waals surface area contributed by atoms with Crippen LogP contribution in [0.4, 0.5) is 0 Å². The Bertz CT molecular complexity index is 564. The zero-order valence-electron chi connectivity index (χ0n) is 11.9. The van der Waals surface area contributed by atoms with Gasteiger partial charge >= 0.3 is 0 Å². The molecular weight excluding hydrogens is 234 g/mol. The van der Waals surface area contributed by atoms with Gasteiger partial charge in [0.25, 0.3) is 0 Å². The van der Waals surface area contributed by atoms with Crippen molar-refractivity contribution in [1.29, 1.82) is 0 Å². The average molecular weight is 257 g/mol. The Hall–Kier alpha value is -1.35. The molecule has 2 aromatic rings. The standard InChI is InChI=1S/C16H23N3/c1-3-11-19-14-8-6-5-7-13(14)18-15(19)16(4-2)9-10-17-12-16/h5-8,17H,3-4,9-12H2,1-2H3. The summed E-state index contributed by atoms with van der Waals surface area (Å²) in [6.07, 6.45) is 3.52. The second-order valence-electron chi connectivity index (χ2n) is 5.64. The Morgan fingerprint density at radius 3 is 2.84 bits per heavy atom. The third-order valence-corrected chi connectivity index (χ3v) is 4.50. The highest BCUT2D eigenvalue weighted by atomic mass is 15.1. The molecule has 0 radical (unpaired) electrons. The molecule has 1 aromatic heterocycles. The summed E-state index contributed by atoms with van der Waals surface area (Å²) >= 11 is 0. The van der Waals surface area contributed by atoms with Crippen molar-refractivity contribution in [2.45, 2.75) is 45.1 Å². The van der Waals surface area contributed by atoms with Crippen molar-refractivity contribution < 1.29 is 0 Å². The van der Waals surface area contributed by atoms with Crippen LogP contribution in [-0.2, 0) is 12.0 Å². The van der Waals surface area contributed by atoms with Gasteiger partial charge in [-0.25, -0.2) is 4.98 Å². The summed E-state index contributed by atoms with van der Waals surface area (Å²) in [7, 11) is 0. The summed E-state index contributed by atoms with van der Waals surface area (Å²) in [6.45, 7) is 7.78. The zero-order chi connectivity index (χ0) is 13.3. The van der Waals surface area contributed by atoms with E-state index in [4.69, 9.17) is 4.98 Å². The van der Waals surface area contributed by atoms with E-state index in [0.717, 1.165) is 38.0 Å². The fourth-order valence-corrected chi connectivity index (χ4v) is 3.32. The molecule has 3 heteroatoms. The lowest BCUT2D eigenvalue weighted by molar-refractivity contribution is 0.405. The van der Waals surface area contributed by atoms with Crippen molar-refractivity contribution >= 4 is 11.0 Å². The van der Waals surface area contributed by atoms with Gasteiger partial charge in [-0.2, -0.15) is 0 Å². The molecule has 1 saturated heterocycles. The smallest absolute Gasteiger partial charge is 0.117 e. The molecule has 1 unspecified atom stereocenters. The second kappa shape index (κ2) is 4.97. The quantitative estimate of drug-likeness (QED) is 0.912. The van der Waals surface area contributed by atoms with Crippen LogP contribution in [0.25, 0.3) is 11.0 Å². The number of aryl methyl sites for hydroxylation is 1. The number of imidazole rings is 1. The van der Waals surface area contributed by atoms with E-state index in [9.17, 15) is 0 Å². The zero-order valence-corrected chi connectivity index (χ0v) is 11.9. The van der Waals surface area contributed by atoms with Crippen LogP contribution in [0.15, 0.2) is 24.3 Å². The van der Waals surface area contributed by atoms with Crippen molar-refractivity contribution in [2.75, 3.05) is 13.1 Å². The van der Waals surface area contributed by atoms with Crippen molar-refractivity contribution in [1.82, 2.24) is 14.9 Å². The molecular formula is C16H23N3. The van der Waals surface area contributed by atoms with E-state index >= 15 is 0 Å². The van der Waals surface area contributed by atoms with Crippen molar-refractivity contribution in [3.05, 3.63) is 30.1 Å². The topological polar surface area (TPSA) is 29.9 Å². The summed E-state index contributed by atoms with van der Waals surface area (Å²) in [5, 5.41) is 3.52. The highest BCUT2D eigenvalue weighted by molar-refractivity contribution is 5.76. The minimum Gasteiger partial charge on any atom is -0.327 e. The van der Waals surface area contributed by atoms with Crippen LogP contribution in [0.5, 0.6) is 0 Å². The normalized spacial score (nSPS) is 23.3. The van der Waals surface area contributed by atoms with E-state index in [-0.39, 0.29) is 5.41 Å². The third-order valence-electron chi connectivity index (χ3n) is 4.50. The van der Waals surface area contributed by atoms with Crippen molar-refractivity contribution in [3.63, 3.8) is 0 Å². The summed E-state index contributed by atoms with van der Waals surface area (Å²) in [6, 6.07) is 8.54. The minimum absolute atomic E-state index is 0.230. The first kappa shape index (κ1) is 12.7. The first-order chi connectivity index (χ1) is 9.30. The van der Waals surface area contributed by atoms with Gasteiger partial charge in [-0.05, 0) is 37.9 Å². The van der Waals surface area contributed by atoms with Crippen molar-refractivity contribution in [2.24, 2.45) is 0 Å².